The van der Waals surface area contributed by atoms with Crippen LogP contribution in [-0.2, 0) is 0 Å². The van der Waals surface area contributed by atoms with Gasteiger partial charge in [-0.05, 0) is 46.3 Å². The maximum Gasteiger partial charge on any atom is 0.255 e. The molecule has 0 bridgehead atoms. The van der Waals surface area contributed by atoms with Crippen LogP contribution in [0.3, 0.4) is 0 Å². The number of anilines is 1. The second-order valence-corrected chi connectivity index (χ2v) is 4.89. The summed E-state index contributed by atoms with van der Waals surface area (Å²) < 4.78 is 11.0. The summed E-state index contributed by atoms with van der Waals surface area (Å²) in [5, 5.41) is 2.83. The van der Waals surface area contributed by atoms with Crippen LogP contribution in [0.5, 0.6) is 11.5 Å². The molecule has 5 heteroatoms. The van der Waals surface area contributed by atoms with Gasteiger partial charge in [-0.15, -0.1) is 0 Å². The van der Waals surface area contributed by atoms with Gasteiger partial charge >= 0.3 is 0 Å². The van der Waals surface area contributed by atoms with Gasteiger partial charge in [-0.3, -0.25) is 4.79 Å². The molecule has 1 N–H and O–H groups in total. The fourth-order valence-corrected chi connectivity index (χ4v) is 2.03. The minimum absolute atomic E-state index is 0.210. The number of methoxy groups -OCH3 is 2. The van der Waals surface area contributed by atoms with E-state index in [-0.39, 0.29) is 5.91 Å². The molecule has 0 fully saturated rings. The summed E-state index contributed by atoms with van der Waals surface area (Å²) in [5.41, 5.74) is 1.18. The molecule has 0 radical (unpaired) electrons. The molecule has 0 aliphatic heterocycles. The van der Waals surface area contributed by atoms with Crippen LogP contribution < -0.4 is 14.8 Å². The normalized spacial score (nSPS) is 9.95. The fourth-order valence-electron chi connectivity index (χ4n) is 1.69. The van der Waals surface area contributed by atoms with Crippen molar-refractivity contribution in [3.05, 3.63) is 52.5 Å². The molecular formula is C15H14BrNO3. The van der Waals surface area contributed by atoms with Gasteiger partial charge in [0.1, 0.15) is 11.5 Å². The maximum absolute atomic E-state index is 12.2. The van der Waals surface area contributed by atoms with Crippen molar-refractivity contribution in [1.82, 2.24) is 0 Å². The average Bonchev–Trinajstić information content (AvgIpc) is 2.49. The van der Waals surface area contributed by atoms with E-state index in [9.17, 15) is 4.79 Å². The molecule has 2 aromatic carbocycles. The highest BCUT2D eigenvalue weighted by Crippen LogP contribution is 2.27. The maximum atomic E-state index is 12.2. The van der Waals surface area contributed by atoms with E-state index >= 15 is 0 Å². The standard InChI is InChI=1S/C15H14BrNO3/c1-19-11-5-3-4-10(8-11)15(18)17-14-9-12(20-2)6-7-13(14)16/h3-9H,1-2H3,(H,17,18). The van der Waals surface area contributed by atoms with Crippen molar-refractivity contribution in [2.24, 2.45) is 0 Å². The van der Waals surface area contributed by atoms with Gasteiger partial charge < -0.3 is 14.8 Å². The van der Waals surface area contributed by atoms with E-state index in [0.717, 1.165) is 4.47 Å². The van der Waals surface area contributed by atoms with E-state index in [0.29, 0.717) is 22.7 Å². The van der Waals surface area contributed by atoms with Crippen molar-refractivity contribution in [2.75, 3.05) is 19.5 Å². The summed E-state index contributed by atoms with van der Waals surface area (Å²) in [6.45, 7) is 0. The third-order valence-corrected chi connectivity index (χ3v) is 3.45. The first-order valence-electron chi connectivity index (χ1n) is 5.93. The van der Waals surface area contributed by atoms with Gasteiger partial charge in [-0.25, -0.2) is 0 Å². The van der Waals surface area contributed by atoms with Crippen molar-refractivity contribution in [3.63, 3.8) is 0 Å². The molecule has 0 aliphatic rings. The largest absolute Gasteiger partial charge is 0.497 e. The van der Waals surface area contributed by atoms with Crippen molar-refractivity contribution >= 4 is 27.5 Å². The average molecular weight is 336 g/mol. The molecule has 2 rings (SSSR count). The number of ether oxygens (including phenoxy) is 2. The number of rotatable bonds is 4. The molecule has 0 aliphatic carbocycles. The van der Waals surface area contributed by atoms with E-state index in [2.05, 4.69) is 21.2 Å². The van der Waals surface area contributed by atoms with Crippen molar-refractivity contribution in [3.8, 4) is 11.5 Å². The summed E-state index contributed by atoms with van der Waals surface area (Å²) >= 11 is 3.39. The lowest BCUT2D eigenvalue weighted by Gasteiger charge is -2.10. The van der Waals surface area contributed by atoms with Gasteiger partial charge in [-0.2, -0.15) is 0 Å². The lowest BCUT2D eigenvalue weighted by molar-refractivity contribution is 0.102. The van der Waals surface area contributed by atoms with E-state index in [1.165, 1.54) is 0 Å². The van der Waals surface area contributed by atoms with Crippen molar-refractivity contribution in [1.29, 1.82) is 0 Å². The molecule has 1 amide bonds. The Kier molecular flexibility index (Phi) is 4.63. The molecule has 0 spiro atoms. The number of carbonyl (C=O) groups is 1. The summed E-state index contributed by atoms with van der Waals surface area (Å²) in [6, 6.07) is 12.4. The predicted octanol–water partition coefficient (Wildman–Crippen LogP) is 3.72. The van der Waals surface area contributed by atoms with Gasteiger partial charge in [0.25, 0.3) is 5.91 Å². The molecule has 0 unspecified atom stereocenters. The van der Waals surface area contributed by atoms with Gasteiger partial charge in [0.05, 0.1) is 19.9 Å². The minimum Gasteiger partial charge on any atom is -0.497 e. The quantitative estimate of drug-likeness (QED) is 0.926. The Labute approximate surface area is 125 Å². The summed E-state index contributed by atoms with van der Waals surface area (Å²) in [6.07, 6.45) is 0. The zero-order chi connectivity index (χ0) is 14.5. The SMILES string of the molecule is COc1cccc(C(=O)Nc2cc(OC)ccc2Br)c1. The third kappa shape index (κ3) is 3.30. The second kappa shape index (κ2) is 6.43. The molecule has 0 aromatic heterocycles. The molecule has 0 atom stereocenters. The lowest BCUT2D eigenvalue weighted by atomic mass is 10.2. The van der Waals surface area contributed by atoms with Crippen LogP contribution in [-0.4, -0.2) is 20.1 Å². The van der Waals surface area contributed by atoms with E-state index in [1.54, 1.807) is 44.6 Å². The van der Waals surface area contributed by atoms with Crippen LogP contribution in [0.15, 0.2) is 46.9 Å². The highest BCUT2D eigenvalue weighted by molar-refractivity contribution is 9.10. The fraction of sp³-hybridized carbons (Fsp3) is 0.133. The summed E-state index contributed by atoms with van der Waals surface area (Å²) in [5.74, 6) is 1.11. The molecule has 2 aromatic rings. The van der Waals surface area contributed by atoms with Crippen LogP contribution in [0.4, 0.5) is 5.69 Å². The second-order valence-electron chi connectivity index (χ2n) is 4.03. The molecule has 104 valence electrons. The highest BCUT2D eigenvalue weighted by Gasteiger charge is 2.10. The first-order valence-corrected chi connectivity index (χ1v) is 6.72. The number of hydrogen-bond acceptors (Lipinski definition) is 3. The number of benzene rings is 2. The van der Waals surface area contributed by atoms with Gasteiger partial charge in [0, 0.05) is 16.1 Å². The van der Waals surface area contributed by atoms with Crippen LogP contribution in [0, 0.1) is 0 Å². The highest BCUT2D eigenvalue weighted by atomic mass is 79.9. The third-order valence-electron chi connectivity index (χ3n) is 2.75. The van der Waals surface area contributed by atoms with E-state index in [4.69, 9.17) is 9.47 Å². The monoisotopic (exact) mass is 335 g/mol. The van der Waals surface area contributed by atoms with Crippen LogP contribution >= 0.6 is 15.9 Å². The Bertz CT molecular complexity index is 628. The first-order chi connectivity index (χ1) is 9.63. The smallest absolute Gasteiger partial charge is 0.255 e. The number of carbonyl (C=O) groups excluding carboxylic acids is 1. The number of halogens is 1. The van der Waals surface area contributed by atoms with Crippen LogP contribution in [0.25, 0.3) is 0 Å². The predicted molar refractivity (Wildman–Crippen MR) is 81.6 cm³/mol. The lowest BCUT2D eigenvalue weighted by Crippen LogP contribution is -2.12. The van der Waals surface area contributed by atoms with Crippen LogP contribution in [0.2, 0.25) is 0 Å². The Morgan fingerprint density at radius 3 is 2.45 bits per heavy atom. The van der Waals surface area contributed by atoms with E-state index in [1.807, 2.05) is 12.1 Å². The molecule has 20 heavy (non-hydrogen) atoms. The molecule has 0 heterocycles. The van der Waals surface area contributed by atoms with Gasteiger partial charge in [0.15, 0.2) is 0 Å². The summed E-state index contributed by atoms with van der Waals surface area (Å²) in [4.78, 5) is 12.2. The molecule has 4 nitrogen and oxygen atoms in total. The molecule has 0 saturated heterocycles. The summed E-state index contributed by atoms with van der Waals surface area (Å²) in [7, 11) is 3.15. The van der Waals surface area contributed by atoms with E-state index < -0.39 is 0 Å². The Morgan fingerprint density at radius 2 is 1.75 bits per heavy atom. The number of hydrogen-bond donors (Lipinski definition) is 1. The molecular weight excluding hydrogens is 322 g/mol. The Balaban J connectivity index is 2.22. The van der Waals surface area contributed by atoms with Crippen molar-refractivity contribution < 1.29 is 14.3 Å². The van der Waals surface area contributed by atoms with Crippen molar-refractivity contribution in [2.45, 2.75) is 0 Å². The number of amides is 1. The zero-order valence-corrected chi connectivity index (χ0v) is 12.7. The van der Waals surface area contributed by atoms with Gasteiger partial charge in [-0.1, -0.05) is 6.07 Å². The van der Waals surface area contributed by atoms with Gasteiger partial charge in [0.2, 0.25) is 0 Å². The number of nitrogens with one attached hydrogen (secondary N) is 1. The first kappa shape index (κ1) is 14.4. The minimum atomic E-state index is -0.210. The molecule has 0 saturated carbocycles. The Hall–Kier alpha value is -2.01. The zero-order valence-electron chi connectivity index (χ0n) is 11.1. The van der Waals surface area contributed by atoms with Crippen LogP contribution in [0.1, 0.15) is 10.4 Å². The Morgan fingerprint density at radius 1 is 1.05 bits per heavy atom. The topological polar surface area (TPSA) is 47.6 Å².